The smallest absolute Gasteiger partial charge is 0.248 e. The minimum Gasteiger partial charge on any atom is -0.508 e. The molecule has 1 aliphatic carbocycles. The standard InChI is InChI=1S/C42H52N6O4/c49-34-11-10-33(37(25-34)32-4-2-1-3-5-32)24-40-44-28-48(46-40)27-31-18-22-47(23-19-31)21-17-30-8-6-29(7-9-30)16-20-43-26-39(51)35-12-14-38(50)42-36(35)13-15-41(52)45-42/h6-15,25,28,31-32,39,43,49-51H,1-5,16-24,26-27H2,(H,45,52)/t39-/m0/s1. The summed E-state index contributed by atoms with van der Waals surface area (Å²) in [6, 6.07) is 21.0. The number of phenolic OH excluding ortho intramolecular Hbond substituents is 2. The lowest BCUT2D eigenvalue weighted by Crippen LogP contribution is -2.36. The molecule has 0 amide bonds. The maximum Gasteiger partial charge on any atom is 0.248 e. The Morgan fingerprint density at radius 2 is 1.65 bits per heavy atom. The first-order valence-corrected chi connectivity index (χ1v) is 19.1. The van der Waals surface area contributed by atoms with Crippen molar-refractivity contribution in [3.63, 3.8) is 0 Å². The number of hydrogen-bond donors (Lipinski definition) is 5. The third-order valence-electron chi connectivity index (χ3n) is 11.2. The van der Waals surface area contributed by atoms with Crippen molar-refractivity contribution < 1.29 is 15.3 Å². The van der Waals surface area contributed by atoms with Gasteiger partial charge >= 0.3 is 0 Å². The predicted molar refractivity (Wildman–Crippen MR) is 204 cm³/mol. The number of nitrogens with zero attached hydrogens (tertiary/aromatic N) is 4. The van der Waals surface area contributed by atoms with Crippen molar-refractivity contribution in [1.29, 1.82) is 0 Å². The minimum atomic E-state index is -0.765. The van der Waals surface area contributed by atoms with E-state index in [4.69, 9.17) is 5.10 Å². The SMILES string of the molecule is O=c1ccc2c([C@@H](O)CNCCc3ccc(CCN4CCC(Cn5cnc(Cc6ccc(O)cc6C6CCCCC6)n5)CC4)cc3)ccc(O)c2[nH]1. The van der Waals surface area contributed by atoms with Gasteiger partial charge in [-0.2, -0.15) is 5.10 Å². The van der Waals surface area contributed by atoms with Crippen LogP contribution in [0.1, 0.15) is 90.6 Å². The van der Waals surface area contributed by atoms with E-state index in [1.165, 1.54) is 79.3 Å². The van der Waals surface area contributed by atoms with E-state index in [0.29, 0.717) is 47.0 Å². The Balaban J connectivity index is 0.807. The number of fused-ring (bicyclic) bond motifs is 1. The van der Waals surface area contributed by atoms with Gasteiger partial charge in [0.15, 0.2) is 5.82 Å². The molecule has 0 unspecified atom stereocenters. The monoisotopic (exact) mass is 704 g/mol. The van der Waals surface area contributed by atoms with Crippen LogP contribution in [-0.4, -0.2) is 72.7 Å². The van der Waals surface area contributed by atoms with Gasteiger partial charge in [-0.1, -0.05) is 55.7 Å². The van der Waals surface area contributed by atoms with Crippen molar-refractivity contribution in [3.05, 3.63) is 117 Å². The van der Waals surface area contributed by atoms with Gasteiger partial charge in [0.2, 0.25) is 5.56 Å². The largest absolute Gasteiger partial charge is 0.508 e. The Morgan fingerprint density at radius 3 is 2.44 bits per heavy atom. The third kappa shape index (κ3) is 9.10. The fourth-order valence-corrected chi connectivity index (χ4v) is 8.16. The van der Waals surface area contributed by atoms with E-state index in [9.17, 15) is 20.1 Å². The molecule has 52 heavy (non-hydrogen) atoms. The van der Waals surface area contributed by atoms with Crippen LogP contribution in [0.2, 0.25) is 0 Å². The van der Waals surface area contributed by atoms with Gasteiger partial charge in [0, 0.05) is 37.5 Å². The summed E-state index contributed by atoms with van der Waals surface area (Å²) in [5.41, 5.74) is 5.85. The Bertz CT molecular complexity index is 1980. The first-order chi connectivity index (χ1) is 25.4. The summed E-state index contributed by atoms with van der Waals surface area (Å²) >= 11 is 0. The molecule has 5 N–H and O–H groups in total. The maximum atomic E-state index is 11.7. The summed E-state index contributed by atoms with van der Waals surface area (Å²) in [4.78, 5) is 21.6. The number of aromatic amines is 1. The summed E-state index contributed by atoms with van der Waals surface area (Å²) in [5, 5.41) is 39.9. The molecule has 2 aliphatic rings. The van der Waals surface area contributed by atoms with Crippen molar-refractivity contribution in [1.82, 2.24) is 30.0 Å². The van der Waals surface area contributed by atoms with Crippen LogP contribution in [0.3, 0.4) is 0 Å². The molecule has 1 atom stereocenters. The normalized spacial score (nSPS) is 16.8. The lowest BCUT2D eigenvalue weighted by Gasteiger charge is -2.31. The second-order valence-corrected chi connectivity index (χ2v) is 14.9. The summed E-state index contributed by atoms with van der Waals surface area (Å²) < 4.78 is 2.04. The van der Waals surface area contributed by atoms with Crippen molar-refractivity contribution in [2.75, 3.05) is 32.7 Å². The van der Waals surface area contributed by atoms with Gasteiger partial charge in [-0.3, -0.25) is 9.48 Å². The molecule has 10 heteroatoms. The molecule has 0 radical (unpaired) electrons. The average molecular weight is 705 g/mol. The van der Waals surface area contributed by atoms with Gasteiger partial charge in [0.1, 0.15) is 17.8 Å². The quantitative estimate of drug-likeness (QED) is 0.0889. The van der Waals surface area contributed by atoms with Crippen LogP contribution < -0.4 is 10.9 Å². The second kappa shape index (κ2) is 16.9. The highest BCUT2D eigenvalue weighted by molar-refractivity contribution is 5.87. The van der Waals surface area contributed by atoms with Crippen LogP contribution >= 0.6 is 0 Å². The number of rotatable bonds is 14. The number of H-pyrrole nitrogens is 1. The molecule has 0 bridgehead atoms. The van der Waals surface area contributed by atoms with Crippen LogP contribution in [-0.2, 0) is 25.8 Å². The number of aromatic nitrogens is 4. The average Bonchev–Trinajstić information content (AvgIpc) is 3.61. The minimum absolute atomic E-state index is 0.00974. The summed E-state index contributed by atoms with van der Waals surface area (Å²) in [5.74, 6) is 2.34. The number of phenols is 2. The Hall–Kier alpha value is -4.51. The molecule has 3 heterocycles. The van der Waals surface area contributed by atoms with Crippen LogP contribution in [0.4, 0.5) is 0 Å². The molecule has 2 aromatic heterocycles. The number of aliphatic hydroxyl groups is 1. The molecule has 7 rings (SSSR count). The van der Waals surface area contributed by atoms with E-state index in [1.54, 1.807) is 18.2 Å². The lowest BCUT2D eigenvalue weighted by molar-refractivity contribution is 0.172. The van der Waals surface area contributed by atoms with Gasteiger partial charge < -0.3 is 30.5 Å². The fraction of sp³-hybridized carbons (Fsp3) is 0.452. The van der Waals surface area contributed by atoms with Gasteiger partial charge in [0.25, 0.3) is 0 Å². The molecule has 3 aromatic carbocycles. The number of aliphatic hydroxyl groups excluding tert-OH is 1. The molecule has 2 fully saturated rings. The molecular weight excluding hydrogens is 652 g/mol. The van der Waals surface area contributed by atoms with E-state index in [2.05, 4.69) is 50.5 Å². The topological polar surface area (TPSA) is 140 Å². The van der Waals surface area contributed by atoms with Gasteiger partial charge in [-0.05, 0) is 122 Å². The number of pyridine rings is 1. The molecule has 1 saturated carbocycles. The lowest BCUT2D eigenvalue weighted by atomic mass is 9.81. The van der Waals surface area contributed by atoms with E-state index in [1.807, 2.05) is 17.1 Å². The zero-order chi connectivity index (χ0) is 35.9. The number of piperidine rings is 1. The highest BCUT2D eigenvalue weighted by Gasteiger charge is 2.22. The maximum absolute atomic E-state index is 11.7. The van der Waals surface area contributed by atoms with E-state index in [-0.39, 0.29) is 11.3 Å². The van der Waals surface area contributed by atoms with Crippen LogP contribution in [0.25, 0.3) is 10.9 Å². The first kappa shape index (κ1) is 35.9. The highest BCUT2D eigenvalue weighted by atomic mass is 16.3. The molecule has 10 nitrogen and oxygen atoms in total. The van der Waals surface area contributed by atoms with Crippen molar-refractivity contribution in [2.24, 2.45) is 5.92 Å². The van der Waals surface area contributed by atoms with Gasteiger partial charge in [0.05, 0.1) is 11.6 Å². The number of nitrogens with one attached hydrogen (secondary N) is 2. The number of benzene rings is 3. The zero-order valence-electron chi connectivity index (χ0n) is 30.0. The van der Waals surface area contributed by atoms with E-state index < -0.39 is 6.10 Å². The van der Waals surface area contributed by atoms with E-state index in [0.717, 1.165) is 51.4 Å². The number of likely N-dealkylation sites (tertiary alicyclic amines) is 1. The highest BCUT2D eigenvalue weighted by Crippen LogP contribution is 2.36. The van der Waals surface area contributed by atoms with Crippen molar-refractivity contribution in [3.8, 4) is 11.5 Å². The summed E-state index contributed by atoms with van der Waals surface area (Å²) in [6.07, 6.45) is 12.3. The Kier molecular flexibility index (Phi) is 11.6. The van der Waals surface area contributed by atoms with Gasteiger partial charge in [-0.25, -0.2) is 4.98 Å². The van der Waals surface area contributed by atoms with Crippen LogP contribution in [0, 0.1) is 5.92 Å². The second-order valence-electron chi connectivity index (χ2n) is 14.9. The summed E-state index contributed by atoms with van der Waals surface area (Å²) in [7, 11) is 0. The Morgan fingerprint density at radius 1 is 0.885 bits per heavy atom. The first-order valence-electron chi connectivity index (χ1n) is 19.1. The molecule has 5 aromatic rings. The molecule has 0 spiro atoms. The number of hydrogen-bond acceptors (Lipinski definition) is 8. The zero-order valence-corrected chi connectivity index (χ0v) is 30.0. The van der Waals surface area contributed by atoms with Gasteiger partial charge in [-0.15, -0.1) is 0 Å². The molecule has 1 saturated heterocycles. The van der Waals surface area contributed by atoms with Crippen molar-refractivity contribution in [2.45, 2.75) is 82.8 Å². The number of aromatic hydroxyl groups is 2. The van der Waals surface area contributed by atoms with E-state index >= 15 is 0 Å². The molecular formula is C42H52N6O4. The third-order valence-corrected chi connectivity index (χ3v) is 11.2. The summed E-state index contributed by atoms with van der Waals surface area (Å²) in [6.45, 7) is 5.30. The predicted octanol–water partition coefficient (Wildman–Crippen LogP) is 5.99. The fourth-order valence-electron chi connectivity index (χ4n) is 8.16. The van der Waals surface area contributed by atoms with Crippen molar-refractivity contribution >= 4 is 10.9 Å². The van der Waals surface area contributed by atoms with Crippen LogP contribution in [0.5, 0.6) is 11.5 Å². The molecule has 274 valence electrons. The van der Waals surface area contributed by atoms with Crippen LogP contribution in [0.15, 0.2) is 77.9 Å². The molecule has 1 aliphatic heterocycles. The Labute approximate surface area is 305 Å².